The van der Waals surface area contributed by atoms with Crippen molar-refractivity contribution >= 4 is 29.3 Å². The molecular formula is C31H38FN7O3. The summed E-state index contributed by atoms with van der Waals surface area (Å²) in [5, 5.41) is 15.2. The summed E-state index contributed by atoms with van der Waals surface area (Å²) in [5.41, 5.74) is 3.33. The van der Waals surface area contributed by atoms with E-state index in [0.29, 0.717) is 64.0 Å². The van der Waals surface area contributed by atoms with Crippen molar-refractivity contribution in [3.63, 3.8) is 0 Å². The number of nitrogens with zero attached hydrogens (tertiary/aromatic N) is 5. The molecule has 1 atom stereocenters. The van der Waals surface area contributed by atoms with Crippen LogP contribution >= 0.6 is 0 Å². The smallest absolute Gasteiger partial charge is 0.321 e. The second kappa shape index (κ2) is 13.2. The van der Waals surface area contributed by atoms with E-state index < -0.39 is 5.82 Å². The minimum absolute atomic E-state index is 0.0236. The molecule has 2 saturated heterocycles. The summed E-state index contributed by atoms with van der Waals surface area (Å²) < 4.78 is 19.0. The molecule has 1 unspecified atom stereocenters. The Hall–Kier alpha value is -4.17. The fourth-order valence-corrected chi connectivity index (χ4v) is 6.01. The van der Waals surface area contributed by atoms with Crippen molar-refractivity contribution in [2.75, 3.05) is 44.7 Å². The number of hydrogen-bond donors (Lipinski definition) is 2. The monoisotopic (exact) mass is 575 g/mol. The van der Waals surface area contributed by atoms with Crippen LogP contribution in [0.3, 0.4) is 0 Å². The van der Waals surface area contributed by atoms with E-state index in [-0.39, 0.29) is 29.8 Å². The molecule has 3 aliphatic rings. The number of benzene rings is 2. The van der Waals surface area contributed by atoms with E-state index in [9.17, 15) is 19.2 Å². The van der Waals surface area contributed by atoms with E-state index in [1.807, 2.05) is 29.3 Å². The second-order valence-corrected chi connectivity index (χ2v) is 11.4. The predicted octanol–water partition coefficient (Wildman–Crippen LogP) is 4.07. The van der Waals surface area contributed by atoms with E-state index in [1.165, 1.54) is 12.1 Å². The summed E-state index contributed by atoms with van der Waals surface area (Å²) in [5.74, 6) is 0.396. The third-order valence-electron chi connectivity index (χ3n) is 8.34. The van der Waals surface area contributed by atoms with E-state index >= 15 is 0 Å². The van der Waals surface area contributed by atoms with Crippen molar-refractivity contribution in [1.29, 1.82) is 5.26 Å². The van der Waals surface area contributed by atoms with Crippen LogP contribution in [0.5, 0.6) is 0 Å². The molecule has 222 valence electrons. The van der Waals surface area contributed by atoms with Crippen LogP contribution in [0, 0.1) is 29.1 Å². The van der Waals surface area contributed by atoms with Gasteiger partial charge in [0.05, 0.1) is 11.7 Å². The number of ether oxygens (including phenoxy) is 1. The van der Waals surface area contributed by atoms with Gasteiger partial charge in [0.25, 0.3) is 0 Å². The molecule has 3 amide bonds. The van der Waals surface area contributed by atoms with Crippen LogP contribution in [-0.2, 0) is 22.5 Å². The Balaban J connectivity index is 1.32. The van der Waals surface area contributed by atoms with Crippen molar-refractivity contribution in [2.24, 2.45) is 16.8 Å². The number of piperazine rings is 1. The maximum absolute atomic E-state index is 13.6. The van der Waals surface area contributed by atoms with Gasteiger partial charge in [-0.25, -0.2) is 14.2 Å². The zero-order chi connectivity index (χ0) is 29.6. The zero-order valence-corrected chi connectivity index (χ0v) is 24.2. The highest BCUT2D eigenvalue weighted by molar-refractivity contribution is 5.90. The predicted molar refractivity (Wildman–Crippen MR) is 157 cm³/mol. The Morgan fingerprint density at radius 2 is 1.88 bits per heavy atom. The van der Waals surface area contributed by atoms with Crippen LogP contribution in [0.1, 0.15) is 37.8 Å². The summed E-state index contributed by atoms with van der Waals surface area (Å²) >= 11 is 0. The van der Waals surface area contributed by atoms with Gasteiger partial charge in [-0.1, -0.05) is 32.0 Å². The summed E-state index contributed by atoms with van der Waals surface area (Å²) in [6, 6.07) is 11.4. The highest BCUT2D eigenvalue weighted by atomic mass is 19.1. The van der Waals surface area contributed by atoms with Crippen molar-refractivity contribution in [1.82, 2.24) is 20.0 Å². The summed E-state index contributed by atoms with van der Waals surface area (Å²) in [7, 11) is 0. The standard InChI is InChI=1S/C31H38FN7O3/c1-21(2)28-19-38(31(41)35-25-7-4-6-24(32)17-25)13-14-39(28)30(34-20-33)36-27-8-3-5-23-18-37(12-9-26(23)27)29(40)22-10-15-42-16-11-22/h3-8,17,21-22,28H,9-16,18-19H2,1-2H3,(H,34,36)(H,35,41). The van der Waals surface area contributed by atoms with E-state index in [4.69, 9.17) is 9.73 Å². The Morgan fingerprint density at radius 1 is 1.10 bits per heavy atom. The first-order valence-electron chi connectivity index (χ1n) is 14.6. The number of aliphatic imine (C=N–C) groups is 1. The first-order valence-corrected chi connectivity index (χ1v) is 14.6. The number of halogens is 1. The number of carbonyl (C=O) groups excluding carboxylic acids is 2. The van der Waals surface area contributed by atoms with Crippen molar-refractivity contribution in [3.05, 3.63) is 59.4 Å². The fraction of sp³-hybridized carbons (Fsp3) is 0.484. The minimum atomic E-state index is -0.414. The molecule has 0 aliphatic carbocycles. The fourth-order valence-electron chi connectivity index (χ4n) is 6.01. The zero-order valence-electron chi connectivity index (χ0n) is 24.2. The molecule has 10 nitrogen and oxygen atoms in total. The minimum Gasteiger partial charge on any atom is -0.381 e. The van der Waals surface area contributed by atoms with Crippen LogP contribution in [0.4, 0.5) is 20.6 Å². The van der Waals surface area contributed by atoms with Crippen molar-refractivity contribution in [3.8, 4) is 6.19 Å². The van der Waals surface area contributed by atoms with E-state index in [1.54, 1.807) is 17.0 Å². The molecule has 2 aromatic carbocycles. The molecule has 2 N–H and O–H groups in total. The van der Waals surface area contributed by atoms with Crippen LogP contribution < -0.4 is 10.6 Å². The number of guanidine groups is 1. The molecular weight excluding hydrogens is 537 g/mol. The topological polar surface area (TPSA) is 113 Å². The maximum atomic E-state index is 13.6. The number of carbonyl (C=O) groups is 2. The molecule has 0 bridgehead atoms. The van der Waals surface area contributed by atoms with Crippen molar-refractivity contribution in [2.45, 2.75) is 45.7 Å². The molecule has 5 rings (SSSR count). The SMILES string of the molecule is CC(C)C1CN(C(=O)Nc2cccc(F)c2)CCN1C(=Nc1cccc2c1CCN(C(=O)C1CCOCC1)C2)NC#N. The Bertz CT molecular complexity index is 1370. The number of fused-ring (bicyclic) bond motifs is 1. The highest BCUT2D eigenvalue weighted by Crippen LogP contribution is 2.31. The third kappa shape index (κ3) is 6.65. The number of amides is 3. The van der Waals surface area contributed by atoms with Gasteiger partial charge >= 0.3 is 6.03 Å². The van der Waals surface area contributed by atoms with Gasteiger partial charge in [-0.3, -0.25) is 10.1 Å². The van der Waals surface area contributed by atoms with Crippen LogP contribution in [0.2, 0.25) is 0 Å². The van der Waals surface area contributed by atoms with Gasteiger partial charge in [0.15, 0.2) is 6.19 Å². The average Bonchev–Trinajstić information content (AvgIpc) is 3.00. The summed E-state index contributed by atoms with van der Waals surface area (Å²) in [6.45, 7) is 7.89. The van der Waals surface area contributed by atoms with Gasteiger partial charge < -0.3 is 24.8 Å². The lowest BCUT2D eigenvalue weighted by atomic mass is 9.94. The van der Waals surface area contributed by atoms with Crippen LogP contribution in [-0.4, -0.2) is 78.0 Å². The van der Waals surface area contributed by atoms with E-state index in [0.717, 1.165) is 29.7 Å². The van der Waals surface area contributed by atoms with Crippen LogP contribution in [0.25, 0.3) is 0 Å². The first kappa shape index (κ1) is 29.3. The molecule has 0 saturated carbocycles. The van der Waals surface area contributed by atoms with Crippen molar-refractivity contribution < 1.29 is 18.7 Å². The Kier molecular flexibility index (Phi) is 9.22. The largest absolute Gasteiger partial charge is 0.381 e. The lowest BCUT2D eigenvalue weighted by molar-refractivity contribution is -0.139. The number of nitrogens with one attached hydrogen (secondary N) is 2. The molecule has 0 aromatic heterocycles. The Morgan fingerprint density at radius 3 is 2.62 bits per heavy atom. The van der Waals surface area contributed by atoms with E-state index in [2.05, 4.69) is 29.4 Å². The maximum Gasteiger partial charge on any atom is 0.321 e. The molecule has 3 aliphatic heterocycles. The van der Waals surface area contributed by atoms with Gasteiger partial charge in [-0.15, -0.1) is 0 Å². The normalized spacial score (nSPS) is 19.7. The molecule has 3 heterocycles. The van der Waals surface area contributed by atoms with Crippen LogP contribution in [0.15, 0.2) is 47.5 Å². The lowest BCUT2D eigenvalue weighted by Crippen LogP contribution is -2.60. The summed E-state index contributed by atoms with van der Waals surface area (Å²) in [4.78, 5) is 36.8. The summed E-state index contributed by atoms with van der Waals surface area (Å²) in [6.07, 6.45) is 4.27. The quantitative estimate of drug-likeness (QED) is 0.246. The molecule has 42 heavy (non-hydrogen) atoms. The lowest BCUT2D eigenvalue weighted by Gasteiger charge is -2.44. The van der Waals surface area contributed by atoms with Gasteiger partial charge in [0.2, 0.25) is 11.9 Å². The number of anilines is 1. The number of nitriles is 1. The van der Waals surface area contributed by atoms with Gasteiger partial charge in [0.1, 0.15) is 5.82 Å². The molecule has 2 aromatic rings. The number of urea groups is 1. The number of rotatable bonds is 4. The Labute approximate surface area is 246 Å². The van der Waals surface area contributed by atoms with Gasteiger partial charge in [-0.2, -0.15) is 5.26 Å². The van der Waals surface area contributed by atoms with Gasteiger partial charge in [-0.05, 0) is 60.6 Å². The molecule has 11 heteroatoms. The molecule has 2 fully saturated rings. The number of hydrogen-bond acceptors (Lipinski definition) is 5. The second-order valence-electron chi connectivity index (χ2n) is 11.4. The molecule has 0 spiro atoms. The highest BCUT2D eigenvalue weighted by Gasteiger charge is 2.34. The molecule has 0 radical (unpaired) electrons. The average molecular weight is 576 g/mol. The van der Waals surface area contributed by atoms with Gasteiger partial charge in [0, 0.05) is 57.5 Å². The third-order valence-corrected chi connectivity index (χ3v) is 8.34. The first-order chi connectivity index (χ1) is 20.3.